The molecule has 10 heteroatoms. The molecule has 0 fully saturated rings. The highest BCUT2D eigenvalue weighted by Crippen LogP contribution is 2.22. The molecule has 0 spiro atoms. The first-order chi connectivity index (χ1) is 10.8. The summed E-state index contributed by atoms with van der Waals surface area (Å²) in [6.07, 6.45) is -0.570. The quantitative estimate of drug-likeness (QED) is 0.834. The Morgan fingerprint density at radius 3 is 2.65 bits per heavy atom. The number of ether oxygens (including phenoxy) is 1. The van der Waals surface area contributed by atoms with Crippen LogP contribution in [0.1, 0.15) is 16.1 Å². The van der Waals surface area contributed by atoms with Crippen LogP contribution >= 0.6 is 0 Å². The molecule has 23 heavy (non-hydrogen) atoms. The van der Waals surface area contributed by atoms with Crippen LogP contribution in [0.3, 0.4) is 0 Å². The summed E-state index contributed by atoms with van der Waals surface area (Å²) in [5.41, 5.74) is 0.552. The molecule has 0 radical (unpaired) electrons. The average Bonchev–Trinajstić information content (AvgIpc) is 2.88. The molecule has 0 unspecified atom stereocenters. The molecule has 1 amide bonds. The lowest BCUT2D eigenvalue weighted by atomic mass is 10.2. The van der Waals surface area contributed by atoms with E-state index in [0.717, 1.165) is 10.9 Å². The molecule has 0 aliphatic rings. The van der Waals surface area contributed by atoms with Gasteiger partial charge in [-0.25, -0.2) is 0 Å². The van der Waals surface area contributed by atoms with Crippen molar-refractivity contribution in [3.63, 3.8) is 0 Å². The van der Waals surface area contributed by atoms with Crippen LogP contribution in [0.25, 0.3) is 0 Å². The molecule has 0 saturated carbocycles. The third kappa shape index (κ3) is 4.03. The van der Waals surface area contributed by atoms with Crippen molar-refractivity contribution in [1.29, 1.82) is 0 Å². The smallest absolute Gasteiger partial charge is 0.378 e. The second-order valence-corrected chi connectivity index (χ2v) is 4.68. The summed E-state index contributed by atoms with van der Waals surface area (Å²) in [6, 6.07) is 1.56. The summed E-state index contributed by atoms with van der Waals surface area (Å²) in [4.78, 5) is 13.8. The molecule has 0 aromatic carbocycles. The van der Waals surface area contributed by atoms with Crippen molar-refractivity contribution in [2.75, 3.05) is 19.1 Å². The second-order valence-electron chi connectivity index (χ2n) is 4.68. The van der Waals surface area contributed by atoms with Gasteiger partial charge in [-0.15, -0.1) is 0 Å². The normalized spacial score (nSPS) is 11.5. The van der Waals surface area contributed by atoms with Crippen molar-refractivity contribution >= 4 is 11.6 Å². The Balaban J connectivity index is 2.33. The lowest BCUT2D eigenvalue weighted by Gasteiger charge is -2.17. The Labute approximate surface area is 129 Å². The number of carbonyl (C=O) groups excluding carboxylic acids is 1. The fourth-order valence-electron chi connectivity index (χ4n) is 1.96. The summed E-state index contributed by atoms with van der Waals surface area (Å²) >= 11 is 0. The Hall–Kier alpha value is -2.49. The Morgan fingerprint density at radius 2 is 2.09 bits per heavy atom. The lowest BCUT2D eigenvalue weighted by Crippen LogP contribution is -2.28. The van der Waals surface area contributed by atoms with Crippen LogP contribution in [0.15, 0.2) is 24.7 Å². The predicted octanol–water partition coefficient (Wildman–Crippen LogP) is 1.66. The van der Waals surface area contributed by atoms with Gasteiger partial charge in [-0.3, -0.25) is 9.48 Å². The molecule has 0 bridgehead atoms. The molecule has 2 aromatic rings. The number of aromatic nitrogens is 4. The number of halogens is 3. The van der Waals surface area contributed by atoms with Crippen LogP contribution in [-0.2, 0) is 17.9 Å². The number of hydrogen-bond acceptors (Lipinski definition) is 5. The van der Waals surface area contributed by atoms with Crippen LogP contribution < -0.4 is 4.90 Å². The third-order valence-corrected chi connectivity index (χ3v) is 3.05. The van der Waals surface area contributed by atoms with Crippen molar-refractivity contribution in [1.82, 2.24) is 20.0 Å². The van der Waals surface area contributed by atoms with Gasteiger partial charge in [0, 0.05) is 14.2 Å². The lowest BCUT2D eigenvalue weighted by molar-refractivity contribution is -0.143. The Bertz CT molecular complexity index is 672. The van der Waals surface area contributed by atoms with Gasteiger partial charge < -0.3 is 9.64 Å². The van der Waals surface area contributed by atoms with Crippen molar-refractivity contribution in [3.8, 4) is 0 Å². The van der Waals surface area contributed by atoms with Gasteiger partial charge in [0.15, 0.2) is 0 Å². The minimum atomic E-state index is -4.45. The van der Waals surface area contributed by atoms with Gasteiger partial charge in [0.05, 0.1) is 42.1 Å². The first kappa shape index (κ1) is 16.9. The van der Waals surface area contributed by atoms with Crippen LogP contribution in [0.2, 0.25) is 0 Å². The van der Waals surface area contributed by atoms with E-state index >= 15 is 0 Å². The molecule has 2 heterocycles. The van der Waals surface area contributed by atoms with E-state index in [-0.39, 0.29) is 17.9 Å². The van der Waals surface area contributed by atoms with Gasteiger partial charge >= 0.3 is 6.18 Å². The van der Waals surface area contributed by atoms with E-state index < -0.39 is 18.6 Å². The molecule has 0 aliphatic carbocycles. The van der Waals surface area contributed by atoms with Gasteiger partial charge in [0.1, 0.15) is 6.54 Å². The number of hydrogen-bond donors (Lipinski definition) is 0. The van der Waals surface area contributed by atoms with Crippen LogP contribution in [0.4, 0.5) is 18.9 Å². The van der Waals surface area contributed by atoms with Crippen molar-refractivity contribution < 1.29 is 22.7 Å². The van der Waals surface area contributed by atoms with E-state index in [2.05, 4.69) is 15.3 Å². The minimum Gasteiger partial charge on any atom is -0.378 e. The first-order valence-corrected chi connectivity index (χ1v) is 6.48. The number of carbonyl (C=O) groups is 1. The summed E-state index contributed by atoms with van der Waals surface area (Å²) in [6.45, 7) is -1.46. The number of amides is 1. The number of alkyl halides is 3. The van der Waals surface area contributed by atoms with Gasteiger partial charge in [-0.1, -0.05) is 0 Å². The van der Waals surface area contributed by atoms with Gasteiger partial charge in [0.25, 0.3) is 5.91 Å². The van der Waals surface area contributed by atoms with Crippen molar-refractivity contribution in [3.05, 3.63) is 35.9 Å². The Kier molecular flexibility index (Phi) is 4.94. The fraction of sp³-hybridized carbons (Fsp3) is 0.385. The maximum atomic E-state index is 12.6. The zero-order chi connectivity index (χ0) is 17.0. The third-order valence-electron chi connectivity index (χ3n) is 3.05. The topological polar surface area (TPSA) is 73.1 Å². The van der Waals surface area contributed by atoms with E-state index in [1.165, 1.54) is 31.5 Å². The van der Waals surface area contributed by atoms with E-state index in [0.29, 0.717) is 5.69 Å². The van der Waals surface area contributed by atoms with Crippen molar-refractivity contribution in [2.24, 2.45) is 0 Å². The number of nitrogens with zero attached hydrogens (tertiary/aromatic N) is 5. The zero-order valence-electron chi connectivity index (χ0n) is 12.4. The molecule has 2 rings (SSSR count). The molecular weight excluding hydrogens is 315 g/mol. The molecule has 0 N–H and O–H groups in total. The van der Waals surface area contributed by atoms with Gasteiger partial charge in [-0.05, 0) is 6.07 Å². The largest absolute Gasteiger partial charge is 0.408 e. The molecule has 2 aromatic heterocycles. The van der Waals surface area contributed by atoms with E-state index in [4.69, 9.17) is 4.74 Å². The number of anilines is 1. The SMILES string of the molecule is COCc1c(C(=O)N(C)c2ccnnc2)cnn1CC(F)(F)F. The maximum absolute atomic E-state index is 12.6. The molecule has 124 valence electrons. The summed E-state index contributed by atoms with van der Waals surface area (Å²) < 4.78 is 43.4. The van der Waals surface area contributed by atoms with Gasteiger partial charge in [0.2, 0.25) is 0 Å². The summed E-state index contributed by atoms with van der Waals surface area (Å²) in [5.74, 6) is -0.515. The maximum Gasteiger partial charge on any atom is 0.408 e. The Morgan fingerprint density at radius 1 is 1.35 bits per heavy atom. The fourth-order valence-corrected chi connectivity index (χ4v) is 1.96. The monoisotopic (exact) mass is 329 g/mol. The minimum absolute atomic E-state index is 0.0374. The molecule has 0 saturated heterocycles. The summed E-state index contributed by atoms with van der Waals surface area (Å²) in [5, 5.41) is 10.9. The first-order valence-electron chi connectivity index (χ1n) is 6.48. The van der Waals surface area contributed by atoms with E-state index in [1.54, 1.807) is 6.07 Å². The van der Waals surface area contributed by atoms with Crippen LogP contribution in [0.5, 0.6) is 0 Å². The predicted molar refractivity (Wildman–Crippen MR) is 73.8 cm³/mol. The highest BCUT2D eigenvalue weighted by atomic mass is 19.4. The zero-order valence-corrected chi connectivity index (χ0v) is 12.4. The molecular formula is C13H14F3N5O2. The highest BCUT2D eigenvalue weighted by molar-refractivity contribution is 6.06. The standard InChI is InChI=1S/C13H14F3N5O2/c1-20(9-3-4-17-18-5-9)12(22)10-6-19-21(8-13(14,15)16)11(10)7-23-2/h3-6H,7-8H2,1-2H3. The van der Waals surface area contributed by atoms with E-state index in [9.17, 15) is 18.0 Å². The average molecular weight is 329 g/mol. The second kappa shape index (κ2) is 6.73. The van der Waals surface area contributed by atoms with Crippen LogP contribution in [0, 0.1) is 0 Å². The molecule has 0 atom stereocenters. The number of methoxy groups -OCH3 is 1. The highest BCUT2D eigenvalue weighted by Gasteiger charge is 2.31. The molecule has 0 aliphatic heterocycles. The summed E-state index contributed by atoms with van der Waals surface area (Å²) in [7, 11) is 2.81. The van der Waals surface area contributed by atoms with Crippen LogP contribution in [-0.4, -0.2) is 46.2 Å². The van der Waals surface area contributed by atoms with Gasteiger partial charge in [-0.2, -0.15) is 28.5 Å². The number of rotatable bonds is 5. The van der Waals surface area contributed by atoms with E-state index in [1.807, 2.05) is 0 Å². The molecule has 7 nitrogen and oxygen atoms in total. The van der Waals surface area contributed by atoms with Crippen molar-refractivity contribution in [2.45, 2.75) is 19.3 Å².